The molecule has 4 rings (SSSR count). The molecular formula is C25H25F4N5O5. The number of carbonyl (C=O) groups is 4. The molecule has 0 saturated heterocycles. The normalized spacial score (nSPS) is 18.2. The van der Waals surface area contributed by atoms with Crippen molar-refractivity contribution in [2.24, 2.45) is 5.73 Å². The third-order valence-corrected chi connectivity index (χ3v) is 6.66. The maximum atomic E-state index is 13.9. The van der Waals surface area contributed by atoms with Gasteiger partial charge in [-0.3, -0.25) is 14.5 Å². The minimum Gasteiger partial charge on any atom is -0.491 e. The third-order valence-electron chi connectivity index (χ3n) is 6.66. The van der Waals surface area contributed by atoms with Crippen LogP contribution in [0.25, 0.3) is 0 Å². The van der Waals surface area contributed by atoms with E-state index < -0.39 is 67.5 Å². The number of hydrogen-bond donors (Lipinski definition) is 3. The van der Waals surface area contributed by atoms with E-state index >= 15 is 0 Å². The Balaban J connectivity index is 1.57. The molecule has 39 heavy (non-hydrogen) atoms. The number of hydrogen-bond acceptors (Lipinski definition) is 5. The number of benzene rings is 2. The summed E-state index contributed by atoms with van der Waals surface area (Å²) in [4.78, 5) is 51.2. The van der Waals surface area contributed by atoms with E-state index in [1.165, 1.54) is 13.1 Å². The molecule has 0 saturated carbocycles. The molecule has 10 nitrogen and oxygen atoms in total. The highest BCUT2D eigenvalue weighted by Crippen LogP contribution is 2.37. The SMILES string of the molecule is CNC(=O)Nc1ccc2c(c1)CC[C@@H]2C(=O)N(CC(=O)N1Cc2cc(F)ccc2OC[C@H]1C(F)(F)F)C(N)=O. The number of halogens is 4. The Morgan fingerprint density at radius 2 is 1.87 bits per heavy atom. The van der Waals surface area contributed by atoms with Crippen LogP contribution in [0.4, 0.5) is 32.8 Å². The minimum absolute atomic E-state index is 0.00191. The van der Waals surface area contributed by atoms with Crippen molar-refractivity contribution < 1.29 is 41.5 Å². The summed E-state index contributed by atoms with van der Waals surface area (Å²) in [5.41, 5.74) is 7.13. The average molecular weight is 551 g/mol. The second-order valence-electron chi connectivity index (χ2n) is 9.11. The van der Waals surface area contributed by atoms with E-state index in [-0.39, 0.29) is 17.7 Å². The Hall–Kier alpha value is -4.36. The number of ether oxygens (including phenoxy) is 1. The number of rotatable bonds is 4. The molecule has 6 amide bonds. The first kappa shape index (κ1) is 27.7. The van der Waals surface area contributed by atoms with Crippen LogP contribution in [0.5, 0.6) is 5.75 Å². The van der Waals surface area contributed by atoms with E-state index in [1.54, 1.807) is 18.2 Å². The number of aryl methyl sites for hydroxylation is 1. The summed E-state index contributed by atoms with van der Waals surface area (Å²) >= 11 is 0. The van der Waals surface area contributed by atoms with Gasteiger partial charge in [0.25, 0.3) is 0 Å². The molecule has 208 valence electrons. The molecule has 1 heterocycles. The Morgan fingerprint density at radius 1 is 1.13 bits per heavy atom. The average Bonchev–Trinajstić information content (AvgIpc) is 3.18. The van der Waals surface area contributed by atoms with Crippen LogP contribution in [-0.4, -0.2) is 66.1 Å². The highest BCUT2D eigenvalue weighted by atomic mass is 19.4. The Labute approximate surface area is 220 Å². The Kier molecular flexibility index (Phi) is 7.65. The molecule has 14 heteroatoms. The van der Waals surface area contributed by atoms with Crippen molar-refractivity contribution in [3.8, 4) is 5.75 Å². The van der Waals surface area contributed by atoms with Gasteiger partial charge in [0.15, 0.2) is 6.04 Å². The highest BCUT2D eigenvalue weighted by Gasteiger charge is 2.48. The van der Waals surface area contributed by atoms with E-state index in [4.69, 9.17) is 10.5 Å². The first-order valence-corrected chi connectivity index (χ1v) is 11.9. The number of nitrogens with zero attached hydrogens (tertiary/aromatic N) is 2. The largest absolute Gasteiger partial charge is 0.491 e. The fourth-order valence-corrected chi connectivity index (χ4v) is 4.72. The summed E-state index contributed by atoms with van der Waals surface area (Å²) in [6, 6.07) is 3.79. The van der Waals surface area contributed by atoms with Crippen LogP contribution in [0.15, 0.2) is 36.4 Å². The minimum atomic E-state index is -4.91. The summed E-state index contributed by atoms with van der Waals surface area (Å²) < 4.78 is 60.6. The van der Waals surface area contributed by atoms with Gasteiger partial charge in [-0.2, -0.15) is 13.2 Å². The van der Waals surface area contributed by atoms with Crippen molar-refractivity contribution >= 4 is 29.6 Å². The third kappa shape index (κ3) is 5.89. The number of nitrogens with one attached hydrogen (secondary N) is 2. The molecule has 0 aromatic heterocycles. The molecule has 4 N–H and O–H groups in total. The van der Waals surface area contributed by atoms with Gasteiger partial charge >= 0.3 is 18.2 Å². The van der Waals surface area contributed by atoms with E-state index in [0.29, 0.717) is 27.5 Å². The van der Waals surface area contributed by atoms with E-state index in [9.17, 15) is 36.7 Å². The van der Waals surface area contributed by atoms with Gasteiger partial charge in [-0.25, -0.2) is 14.0 Å². The fourth-order valence-electron chi connectivity index (χ4n) is 4.72. The van der Waals surface area contributed by atoms with E-state index in [0.717, 1.165) is 17.7 Å². The number of fused-ring (bicyclic) bond motifs is 2. The predicted molar refractivity (Wildman–Crippen MR) is 129 cm³/mol. The first-order chi connectivity index (χ1) is 18.4. The second kappa shape index (κ2) is 10.8. The number of amides is 6. The molecule has 2 aromatic carbocycles. The van der Waals surface area contributed by atoms with Gasteiger partial charge < -0.3 is 26.0 Å². The standard InChI is InChI=1S/C25H25F4N5O5/c1-31-24(38)32-16-4-6-17-13(9-16)2-5-18(17)22(36)34(23(30)37)11-21(35)33-10-14-8-15(26)3-7-19(14)39-12-20(33)25(27,28)29/h3-4,6-9,18,20H,2,5,10-12H2,1H3,(H2,30,37)(H2,31,32,38)/t18-,20-/m0/s1. The maximum Gasteiger partial charge on any atom is 0.412 e. The molecule has 0 bridgehead atoms. The monoisotopic (exact) mass is 551 g/mol. The summed E-state index contributed by atoms with van der Waals surface area (Å²) in [7, 11) is 1.45. The van der Waals surface area contributed by atoms with Gasteiger partial charge in [0.1, 0.15) is 24.7 Å². The number of urea groups is 2. The number of primary amides is 1. The molecule has 2 atom stereocenters. The molecule has 2 aliphatic rings. The molecule has 0 unspecified atom stereocenters. The number of alkyl halides is 3. The van der Waals surface area contributed by atoms with Crippen LogP contribution in [0.2, 0.25) is 0 Å². The van der Waals surface area contributed by atoms with Gasteiger partial charge in [-0.1, -0.05) is 6.07 Å². The molecule has 0 fully saturated rings. The fraction of sp³-hybridized carbons (Fsp3) is 0.360. The summed E-state index contributed by atoms with van der Waals surface area (Å²) in [5.74, 6) is -3.69. The molecule has 1 aliphatic carbocycles. The zero-order chi connectivity index (χ0) is 28.5. The van der Waals surface area contributed by atoms with Crippen LogP contribution >= 0.6 is 0 Å². The first-order valence-electron chi connectivity index (χ1n) is 11.9. The molecular weight excluding hydrogens is 526 g/mol. The zero-order valence-electron chi connectivity index (χ0n) is 20.7. The van der Waals surface area contributed by atoms with Crippen molar-refractivity contribution in [2.45, 2.75) is 37.5 Å². The van der Waals surface area contributed by atoms with Crippen molar-refractivity contribution in [3.63, 3.8) is 0 Å². The molecule has 2 aromatic rings. The van der Waals surface area contributed by atoms with E-state index in [2.05, 4.69) is 10.6 Å². The topological polar surface area (TPSA) is 134 Å². The Bertz CT molecular complexity index is 1320. The lowest BCUT2D eigenvalue weighted by Gasteiger charge is -2.32. The quantitative estimate of drug-likeness (QED) is 0.503. The van der Waals surface area contributed by atoms with Crippen molar-refractivity contribution in [1.82, 2.24) is 15.1 Å². The van der Waals surface area contributed by atoms with Gasteiger partial charge in [0.2, 0.25) is 11.8 Å². The molecule has 1 aliphatic heterocycles. The van der Waals surface area contributed by atoms with Crippen LogP contribution < -0.4 is 21.1 Å². The van der Waals surface area contributed by atoms with Crippen LogP contribution in [0.3, 0.4) is 0 Å². The predicted octanol–water partition coefficient (Wildman–Crippen LogP) is 2.87. The van der Waals surface area contributed by atoms with Crippen LogP contribution in [-0.2, 0) is 22.6 Å². The second-order valence-corrected chi connectivity index (χ2v) is 9.11. The number of imide groups is 1. The van der Waals surface area contributed by atoms with Gasteiger partial charge in [-0.05, 0) is 54.3 Å². The number of nitrogens with two attached hydrogens (primary N) is 1. The van der Waals surface area contributed by atoms with Crippen LogP contribution in [0.1, 0.15) is 29.0 Å². The van der Waals surface area contributed by atoms with Crippen molar-refractivity contribution in [3.05, 3.63) is 58.9 Å². The lowest BCUT2D eigenvalue weighted by Crippen LogP contribution is -2.55. The van der Waals surface area contributed by atoms with Crippen molar-refractivity contribution in [2.75, 3.05) is 25.5 Å². The van der Waals surface area contributed by atoms with Gasteiger partial charge in [0, 0.05) is 18.3 Å². The lowest BCUT2D eigenvalue weighted by molar-refractivity contribution is -0.195. The number of carbonyl (C=O) groups excluding carboxylic acids is 4. The zero-order valence-corrected chi connectivity index (χ0v) is 20.7. The summed E-state index contributed by atoms with van der Waals surface area (Å²) in [6.07, 6.45) is -4.24. The van der Waals surface area contributed by atoms with Crippen LogP contribution in [0, 0.1) is 5.82 Å². The lowest BCUT2D eigenvalue weighted by atomic mass is 9.99. The van der Waals surface area contributed by atoms with Crippen molar-refractivity contribution in [1.29, 1.82) is 0 Å². The number of anilines is 1. The van der Waals surface area contributed by atoms with Gasteiger partial charge in [-0.15, -0.1) is 0 Å². The highest BCUT2D eigenvalue weighted by molar-refractivity contribution is 6.01. The van der Waals surface area contributed by atoms with Gasteiger partial charge in [0.05, 0.1) is 12.5 Å². The maximum absolute atomic E-state index is 13.9. The smallest absolute Gasteiger partial charge is 0.412 e. The molecule has 0 radical (unpaired) electrons. The summed E-state index contributed by atoms with van der Waals surface area (Å²) in [5, 5.41) is 5.02. The van der Waals surface area contributed by atoms with E-state index in [1.807, 2.05) is 0 Å². The Morgan fingerprint density at radius 3 is 2.54 bits per heavy atom. The molecule has 0 spiro atoms. The summed E-state index contributed by atoms with van der Waals surface area (Å²) in [6.45, 7) is -2.67.